The topological polar surface area (TPSA) is 112 Å². The van der Waals surface area contributed by atoms with E-state index in [4.69, 9.17) is 21.9 Å². The van der Waals surface area contributed by atoms with E-state index in [1.807, 2.05) is 0 Å². The summed E-state index contributed by atoms with van der Waals surface area (Å²) in [6.45, 7) is 4.02. The fourth-order valence-corrected chi connectivity index (χ4v) is 2.04. The molecular formula is C12H23N5O. The van der Waals surface area contributed by atoms with Crippen LogP contribution in [0.15, 0.2) is 21.5 Å². The minimum Gasteiger partial charge on any atom is -0.476 e. The molecule has 0 aliphatic heterocycles. The van der Waals surface area contributed by atoms with Crippen molar-refractivity contribution in [3.8, 4) is 0 Å². The predicted molar refractivity (Wildman–Crippen MR) is 74.0 cm³/mol. The summed E-state index contributed by atoms with van der Waals surface area (Å²) in [4.78, 5) is 7.57. The highest BCUT2D eigenvalue weighted by Gasteiger charge is 2.16. The third kappa shape index (κ3) is 4.37. The first-order valence-electron chi connectivity index (χ1n) is 6.28. The second kappa shape index (κ2) is 7.71. The second-order valence-electron chi connectivity index (χ2n) is 4.42. The Kier molecular flexibility index (Phi) is 6.21. The van der Waals surface area contributed by atoms with Gasteiger partial charge in [-0.05, 0) is 25.5 Å². The van der Waals surface area contributed by atoms with E-state index in [2.05, 4.69) is 16.7 Å². The zero-order valence-electron chi connectivity index (χ0n) is 10.8. The van der Waals surface area contributed by atoms with Gasteiger partial charge in [0.15, 0.2) is 5.82 Å². The molecule has 0 aromatic carbocycles. The molecule has 0 amide bonds. The third-order valence-electron chi connectivity index (χ3n) is 3.09. The van der Waals surface area contributed by atoms with Crippen LogP contribution in [0.4, 0.5) is 0 Å². The number of hydrogen-bond donors (Lipinski definition) is 3. The molecule has 0 spiro atoms. The molecule has 1 rings (SSSR count). The van der Waals surface area contributed by atoms with Gasteiger partial charge in [0.2, 0.25) is 5.90 Å². The first-order chi connectivity index (χ1) is 8.69. The summed E-state index contributed by atoms with van der Waals surface area (Å²) in [5.41, 5.74) is 16.9. The highest BCUT2D eigenvalue weighted by atomic mass is 16.5. The number of aliphatic imine (C=N–C) groups is 2. The number of ether oxygens (including phenoxy) is 1. The zero-order valence-corrected chi connectivity index (χ0v) is 10.8. The summed E-state index contributed by atoms with van der Waals surface area (Å²) in [5.74, 6) is 0.950. The second-order valence-corrected chi connectivity index (χ2v) is 4.42. The fraction of sp³-hybridized carbons (Fsp3) is 0.667. The normalized spacial score (nSPS) is 19.3. The lowest BCUT2D eigenvalue weighted by Gasteiger charge is -2.22. The molecule has 0 bridgehead atoms. The van der Waals surface area contributed by atoms with Crippen molar-refractivity contribution in [2.45, 2.75) is 32.1 Å². The molecule has 18 heavy (non-hydrogen) atoms. The summed E-state index contributed by atoms with van der Waals surface area (Å²) in [6, 6.07) is 0. The van der Waals surface area contributed by atoms with Crippen LogP contribution in [0.2, 0.25) is 0 Å². The first-order valence-corrected chi connectivity index (χ1v) is 6.28. The molecule has 1 aliphatic carbocycles. The highest BCUT2D eigenvalue weighted by Crippen LogP contribution is 2.23. The van der Waals surface area contributed by atoms with Crippen LogP contribution in [0, 0.1) is 5.92 Å². The minimum absolute atomic E-state index is 0.102. The molecule has 1 fully saturated rings. The van der Waals surface area contributed by atoms with Gasteiger partial charge >= 0.3 is 0 Å². The van der Waals surface area contributed by atoms with E-state index in [0.717, 1.165) is 0 Å². The summed E-state index contributed by atoms with van der Waals surface area (Å²) in [7, 11) is 0. The van der Waals surface area contributed by atoms with Gasteiger partial charge in [0.25, 0.3) is 0 Å². The Labute approximate surface area is 108 Å². The van der Waals surface area contributed by atoms with E-state index in [1.165, 1.54) is 32.1 Å². The van der Waals surface area contributed by atoms with Crippen molar-refractivity contribution in [3.05, 3.63) is 11.5 Å². The van der Waals surface area contributed by atoms with Gasteiger partial charge in [-0.2, -0.15) is 0 Å². The number of hydrogen-bond acceptors (Lipinski definition) is 6. The maximum atomic E-state index is 5.78. The monoisotopic (exact) mass is 253 g/mol. The van der Waals surface area contributed by atoms with Crippen LogP contribution >= 0.6 is 0 Å². The highest BCUT2D eigenvalue weighted by molar-refractivity contribution is 5.93. The minimum atomic E-state index is 0.102. The van der Waals surface area contributed by atoms with Crippen LogP contribution in [0.25, 0.3) is 0 Å². The van der Waals surface area contributed by atoms with Crippen LogP contribution in [-0.2, 0) is 4.74 Å². The van der Waals surface area contributed by atoms with Gasteiger partial charge in [-0.1, -0.05) is 19.3 Å². The molecule has 6 N–H and O–H groups in total. The van der Waals surface area contributed by atoms with Crippen LogP contribution < -0.4 is 17.2 Å². The number of nitrogens with two attached hydrogens (primary N) is 3. The van der Waals surface area contributed by atoms with Crippen molar-refractivity contribution in [3.63, 3.8) is 0 Å². The molecule has 0 aromatic heterocycles. The Morgan fingerprint density at radius 3 is 2.44 bits per heavy atom. The van der Waals surface area contributed by atoms with Crippen LogP contribution in [0.5, 0.6) is 0 Å². The Morgan fingerprint density at radius 2 is 1.89 bits per heavy atom. The molecule has 0 unspecified atom stereocenters. The Hall–Kier alpha value is -1.56. The van der Waals surface area contributed by atoms with E-state index in [1.54, 1.807) is 0 Å². The molecule has 1 aliphatic rings. The van der Waals surface area contributed by atoms with Gasteiger partial charge in [-0.3, -0.25) is 0 Å². The van der Waals surface area contributed by atoms with Crippen LogP contribution in [-0.4, -0.2) is 25.9 Å². The van der Waals surface area contributed by atoms with Gasteiger partial charge in [0.1, 0.15) is 5.70 Å². The molecule has 0 saturated heterocycles. The lowest BCUT2D eigenvalue weighted by molar-refractivity contribution is 0.199. The van der Waals surface area contributed by atoms with Crippen molar-refractivity contribution in [2.75, 3.05) is 13.3 Å². The summed E-state index contributed by atoms with van der Waals surface area (Å²) < 4.78 is 5.63. The summed E-state index contributed by atoms with van der Waals surface area (Å²) >= 11 is 0. The standard InChI is InChI=1S/C12H23N5O/c1-16-11(15)10(14)12(17-8-13)18-7-9-5-3-2-4-6-9/h9H,1-8,13-15H2/b11-10+,17-12+. The molecule has 0 aromatic rings. The molecule has 0 atom stereocenters. The van der Waals surface area contributed by atoms with Gasteiger partial charge in [0.05, 0.1) is 13.3 Å². The van der Waals surface area contributed by atoms with Crippen LogP contribution in [0.1, 0.15) is 32.1 Å². The van der Waals surface area contributed by atoms with Gasteiger partial charge in [0, 0.05) is 0 Å². The average molecular weight is 253 g/mol. The van der Waals surface area contributed by atoms with Crippen molar-refractivity contribution in [2.24, 2.45) is 33.1 Å². The summed E-state index contributed by atoms with van der Waals surface area (Å²) in [6.07, 6.45) is 6.22. The maximum absolute atomic E-state index is 5.78. The van der Waals surface area contributed by atoms with E-state index < -0.39 is 0 Å². The van der Waals surface area contributed by atoms with Gasteiger partial charge < -0.3 is 21.9 Å². The third-order valence-corrected chi connectivity index (χ3v) is 3.09. The fourth-order valence-electron chi connectivity index (χ4n) is 2.04. The van der Waals surface area contributed by atoms with E-state index in [-0.39, 0.29) is 24.1 Å². The number of rotatable bonds is 5. The van der Waals surface area contributed by atoms with E-state index in [9.17, 15) is 0 Å². The molecule has 102 valence electrons. The smallest absolute Gasteiger partial charge is 0.237 e. The lowest BCUT2D eigenvalue weighted by Crippen LogP contribution is -2.24. The van der Waals surface area contributed by atoms with Crippen molar-refractivity contribution < 1.29 is 4.74 Å². The Bertz CT molecular complexity index is 331. The van der Waals surface area contributed by atoms with E-state index in [0.29, 0.717) is 12.5 Å². The van der Waals surface area contributed by atoms with Gasteiger partial charge in [-0.15, -0.1) is 0 Å². The molecule has 0 heterocycles. The average Bonchev–Trinajstić information content (AvgIpc) is 2.43. The maximum Gasteiger partial charge on any atom is 0.237 e. The zero-order chi connectivity index (χ0) is 13.4. The van der Waals surface area contributed by atoms with E-state index >= 15 is 0 Å². The largest absolute Gasteiger partial charge is 0.476 e. The first kappa shape index (κ1) is 14.5. The molecular weight excluding hydrogens is 230 g/mol. The van der Waals surface area contributed by atoms with Crippen molar-refractivity contribution in [1.82, 2.24) is 0 Å². The molecule has 6 nitrogen and oxygen atoms in total. The van der Waals surface area contributed by atoms with Crippen molar-refractivity contribution >= 4 is 12.6 Å². The molecule has 1 saturated carbocycles. The van der Waals surface area contributed by atoms with Crippen LogP contribution in [0.3, 0.4) is 0 Å². The van der Waals surface area contributed by atoms with Crippen molar-refractivity contribution in [1.29, 1.82) is 0 Å². The Balaban J connectivity index is 2.58. The predicted octanol–water partition coefficient (Wildman–Crippen LogP) is 0.685. The SMILES string of the molecule is C=N/C(N)=C(N)\C(=N/CN)OCC1CCCCC1. The number of nitrogens with zero attached hydrogens (tertiary/aromatic N) is 2. The lowest BCUT2D eigenvalue weighted by atomic mass is 9.90. The summed E-state index contributed by atoms with van der Waals surface area (Å²) in [5, 5.41) is 0. The quantitative estimate of drug-likeness (QED) is 0.494. The molecule has 0 radical (unpaired) electrons. The molecule has 6 heteroatoms. The van der Waals surface area contributed by atoms with Gasteiger partial charge in [-0.25, -0.2) is 9.98 Å². The Morgan fingerprint density at radius 1 is 1.22 bits per heavy atom.